The van der Waals surface area contributed by atoms with Crippen molar-refractivity contribution in [2.75, 3.05) is 41.9 Å². The highest BCUT2D eigenvalue weighted by Gasteiger charge is 2.43. The first-order valence-electron chi connectivity index (χ1n) is 20.0. The zero-order valence-corrected chi connectivity index (χ0v) is 36.1. The highest BCUT2D eigenvalue weighted by atomic mass is 16.5. The lowest BCUT2D eigenvalue weighted by atomic mass is 9.89. The van der Waals surface area contributed by atoms with Crippen molar-refractivity contribution in [2.45, 2.75) is 143 Å². The van der Waals surface area contributed by atoms with Crippen molar-refractivity contribution < 1.29 is 33.8 Å². The van der Waals surface area contributed by atoms with Crippen LogP contribution in [0.1, 0.15) is 107 Å². The molecule has 1 saturated heterocycles. The van der Waals surface area contributed by atoms with Gasteiger partial charge in [-0.3, -0.25) is 24.1 Å². The van der Waals surface area contributed by atoms with Gasteiger partial charge in [0.05, 0.1) is 54.8 Å². The summed E-state index contributed by atoms with van der Waals surface area (Å²) in [5.74, 6) is -1.57. The standard InChI is InChI=1S/C40H69N5O7.C2H6/c1-14-26(6)35(44(11)40(50)33(24(2)3)42-39(49)34(25(4)5)43(9)10)31(51-12)23-32(46)45-22-18-21-30(45)37(52-13)27(7)38(48)41-28(8)36(47)29-19-16-15-17-20-29;1-2/h15-17,19-20,24-28,30-31,33-37,47H,14,18,21-23H2,1-13H3,(H,41,48)(H,42,49);1-2H3. The number of aliphatic hydroxyl groups is 1. The van der Waals surface area contributed by atoms with Crippen LogP contribution in [0.15, 0.2) is 30.3 Å². The highest BCUT2D eigenvalue weighted by Crippen LogP contribution is 2.30. The fourth-order valence-corrected chi connectivity index (χ4v) is 7.78. The molecule has 54 heavy (non-hydrogen) atoms. The maximum absolute atomic E-state index is 14.2. The van der Waals surface area contributed by atoms with E-state index in [9.17, 15) is 24.3 Å². The van der Waals surface area contributed by atoms with Crippen molar-refractivity contribution >= 4 is 23.6 Å². The van der Waals surface area contributed by atoms with E-state index in [1.807, 2.05) is 105 Å². The van der Waals surface area contributed by atoms with Gasteiger partial charge in [0.1, 0.15) is 6.04 Å². The summed E-state index contributed by atoms with van der Waals surface area (Å²) in [5, 5.41) is 16.8. The molecule has 2 rings (SSSR count). The zero-order chi connectivity index (χ0) is 41.4. The fraction of sp³-hybridized carbons (Fsp3) is 0.762. The van der Waals surface area contributed by atoms with E-state index in [0.717, 1.165) is 12.8 Å². The number of carbonyl (C=O) groups excluding carboxylic acids is 4. The first-order chi connectivity index (χ1) is 25.4. The predicted molar refractivity (Wildman–Crippen MR) is 216 cm³/mol. The Morgan fingerprint density at radius 1 is 0.889 bits per heavy atom. The van der Waals surface area contributed by atoms with Crippen LogP contribution in [0.4, 0.5) is 0 Å². The number of methoxy groups -OCH3 is 2. The number of benzene rings is 1. The maximum Gasteiger partial charge on any atom is 0.245 e. The number of rotatable bonds is 20. The summed E-state index contributed by atoms with van der Waals surface area (Å²) in [7, 11) is 8.57. The quantitative estimate of drug-likeness (QED) is 0.171. The number of carbonyl (C=O) groups is 4. The van der Waals surface area contributed by atoms with Gasteiger partial charge in [-0.15, -0.1) is 0 Å². The lowest BCUT2D eigenvalue weighted by Gasteiger charge is -2.41. The Bertz CT molecular complexity index is 1270. The number of hydrogen-bond acceptors (Lipinski definition) is 8. The van der Waals surface area contributed by atoms with Crippen molar-refractivity contribution in [3.63, 3.8) is 0 Å². The third-order valence-electron chi connectivity index (χ3n) is 10.9. The molecule has 0 saturated carbocycles. The Morgan fingerprint density at radius 3 is 1.96 bits per heavy atom. The molecule has 10 unspecified atom stereocenters. The number of amides is 4. The van der Waals surface area contributed by atoms with Crippen LogP contribution >= 0.6 is 0 Å². The van der Waals surface area contributed by atoms with Crippen molar-refractivity contribution in [1.82, 2.24) is 25.3 Å². The van der Waals surface area contributed by atoms with Crippen LogP contribution < -0.4 is 10.6 Å². The van der Waals surface area contributed by atoms with Crippen LogP contribution in [0.25, 0.3) is 0 Å². The molecule has 12 nitrogen and oxygen atoms in total. The van der Waals surface area contributed by atoms with Gasteiger partial charge < -0.3 is 35.0 Å². The van der Waals surface area contributed by atoms with E-state index < -0.39 is 48.4 Å². The molecule has 1 fully saturated rings. The molecule has 0 radical (unpaired) electrons. The van der Waals surface area contributed by atoms with E-state index in [1.165, 1.54) is 0 Å². The van der Waals surface area contributed by atoms with Crippen molar-refractivity contribution in [1.29, 1.82) is 0 Å². The Morgan fingerprint density at radius 2 is 1.48 bits per heavy atom. The van der Waals surface area contributed by atoms with Gasteiger partial charge in [0.15, 0.2) is 0 Å². The SMILES string of the molecule is CC.CCC(C)C(C(CC(=O)N1CCCC1C(OC)C(C)C(=O)NC(C)C(O)c1ccccc1)OC)N(C)C(=O)C(NC(=O)C(C(C)C)N(C)C)C(C)C. The Labute approximate surface area is 327 Å². The predicted octanol–water partition coefficient (Wildman–Crippen LogP) is 4.90. The van der Waals surface area contributed by atoms with Gasteiger partial charge in [-0.25, -0.2) is 0 Å². The normalized spacial score (nSPS) is 19.5. The number of aliphatic hydroxyl groups excluding tert-OH is 1. The molecule has 3 N–H and O–H groups in total. The maximum atomic E-state index is 14.2. The summed E-state index contributed by atoms with van der Waals surface area (Å²) in [6, 6.07) is 6.72. The Kier molecular flexibility index (Phi) is 21.5. The molecule has 310 valence electrons. The average molecular weight is 762 g/mol. The van der Waals surface area contributed by atoms with Crippen LogP contribution in [-0.2, 0) is 28.7 Å². The number of likely N-dealkylation sites (tertiary alicyclic amines) is 1. The minimum absolute atomic E-state index is 0.0153. The van der Waals surface area contributed by atoms with E-state index >= 15 is 0 Å². The van der Waals surface area contributed by atoms with Crippen molar-refractivity contribution in [3.8, 4) is 0 Å². The first-order valence-corrected chi connectivity index (χ1v) is 20.0. The van der Waals surface area contributed by atoms with Gasteiger partial charge in [-0.2, -0.15) is 0 Å². The largest absolute Gasteiger partial charge is 0.386 e. The summed E-state index contributed by atoms with van der Waals surface area (Å²) in [6.45, 7) is 20.0. The number of nitrogens with zero attached hydrogens (tertiary/aromatic N) is 3. The third-order valence-corrected chi connectivity index (χ3v) is 10.9. The van der Waals surface area contributed by atoms with Gasteiger partial charge in [0.2, 0.25) is 23.6 Å². The topological polar surface area (TPSA) is 141 Å². The smallest absolute Gasteiger partial charge is 0.245 e. The van der Waals surface area contributed by atoms with E-state index in [2.05, 4.69) is 10.6 Å². The zero-order valence-electron chi connectivity index (χ0n) is 36.1. The first kappa shape index (κ1) is 49.0. The van der Waals surface area contributed by atoms with Crippen LogP contribution in [0, 0.1) is 23.7 Å². The molecule has 10 atom stereocenters. The molecular weight excluding hydrogens is 686 g/mol. The van der Waals surface area contributed by atoms with E-state index in [4.69, 9.17) is 9.47 Å². The van der Waals surface area contributed by atoms with Gasteiger partial charge in [0.25, 0.3) is 0 Å². The lowest BCUT2D eigenvalue weighted by Crippen LogP contribution is -2.59. The monoisotopic (exact) mass is 762 g/mol. The molecule has 12 heteroatoms. The fourth-order valence-electron chi connectivity index (χ4n) is 7.78. The number of ether oxygens (including phenoxy) is 2. The lowest BCUT2D eigenvalue weighted by molar-refractivity contribution is -0.148. The number of hydrogen-bond donors (Lipinski definition) is 3. The third kappa shape index (κ3) is 13.0. The van der Waals surface area contributed by atoms with Gasteiger partial charge in [-0.05, 0) is 57.2 Å². The van der Waals surface area contributed by atoms with Gasteiger partial charge in [0, 0.05) is 27.8 Å². The second kappa shape index (κ2) is 23.8. The van der Waals surface area contributed by atoms with E-state index in [1.54, 1.807) is 44.9 Å². The summed E-state index contributed by atoms with van der Waals surface area (Å²) in [4.78, 5) is 60.6. The number of nitrogens with one attached hydrogen (secondary N) is 2. The molecule has 1 aromatic carbocycles. The van der Waals surface area contributed by atoms with Crippen LogP contribution in [0.5, 0.6) is 0 Å². The molecule has 0 bridgehead atoms. The summed E-state index contributed by atoms with van der Waals surface area (Å²) < 4.78 is 11.9. The molecular formula is C42H75N5O7. The van der Waals surface area contributed by atoms with Gasteiger partial charge in [-0.1, -0.05) is 99.1 Å². The average Bonchev–Trinajstić information content (AvgIpc) is 3.63. The number of likely N-dealkylation sites (N-methyl/N-ethyl adjacent to an activating group) is 2. The minimum atomic E-state index is -0.876. The summed E-state index contributed by atoms with van der Waals surface area (Å²) in [6.07, 6.45) is 0.148. The molecule has 1 heterocycles. The molecule has 1 aliphatic heterocycles. The van der Waals surface area contributed by atoms with Crippen LogP contribution in [0.3, 0.4) is 0 Å². The Hall–Kier alpha value is -3.06. The van der Waals surface area contributed by atoms with Crippen LogP contribution in [0.2, 0.25) is 0 Å². The van der Waals surface area contributed by atoms with Gasteiger partial charge >= 0.3 is 0 Å². The molecule has 0 spiro atoms. The van der Waals surface area contributed by atoms with Crippen molar-refractivity contribution in [2.24, 2.45) is 23.7 Å². The summed E-state index contributed by atoms with van der Waals surface area (Å²) >= 11 is 0. The van der Waals surface area contributed by atoms with E-state index in [0.29, 0.717) is 18.5 Å². The highest BCUT2D eigenvalue weighted by molar-refractivity contribution is 5.90. The minimum Gasteiger partial charge on any atom is -0.386 e. The summed E-state index contributed by atoms with van der Waals surface area (Å²) in [5.41, 5.74) is 0.711. The Balaban J connectivity index is 0.00000716. The molecule has 1 aromatic rings. The molecule has 0 aliphatic carbocycles. The van der Waals surface area contributed by atoms with Crippen LogP contribution in [-0.4, -0.2) is 128 Å². The molecule has 4 amide bonds. The van der Waals surface area contributed by atoms with Crippen molar-refractivity contribution in [3.05, 3.63) is 35.9 Å². The second-order valence-electron chi connectivity index (χ2n) is 15.6. The second-order valence-corrected chi connectivity index (χ2v) is 15.6. The molecule has 1 aliphatic rings. The van der Waals surface area contributed by atoms with E-state index in [-0.39, 0.29) is 53.8 Å². The molecule has 0 aromatic heterocycles.